The van der Waals surface area contributed by atoms with E-state index < -0.39 is 0 Å². The number of pyridine rings is 2. The van der Waals surface area contributed by atoms with Crippen LogP contribution in [-0.2, 0) is 0 Å². The van der Waals surface area contributed by atoms with Gasteiger partial charge < -0.3 is 10.2 Å². The molecule has 0 saturated carbocycles. The summed E-state index contributed by atoms with van der Waals surface area (Å²) in [5.41, 5.74) is 9.27. The smallest absolute Gasteiger partial charge is 0.137 e. The van der Waals surface area contributed by atoms with E-state index in [0.717, 1.165) is 27.9 Å². The van der Waals surface area contributed by atoms with Gasteiger partial charge in [0, 0.05) is 22.8 Å². The van der Waals surface area contributed by atoms with Crippen molar-refractivity contribution in [1.82, 2.24) is 9.97 Å². The van der Waals surface area contributed by atoms with Gasteiger partial charge in [0.05, 0.1) is 12.0 Å². The number of aryl methyl sites for hydroxylation is 1. The second-order valence-electron chi connectivity index (χ2n) is 3.88. The van der Waals surface area contributed by atoms with Gasteiger partial charge in [0.25, 0.3) is 0 Å². The zero-order valence-electron chi connectivity index (χ0n) is 9.34. The van der Waals surface area contributed by atoms with Gasteiger partial charge in [-0.2, -0.15) is 0 Å². The third-order valence-electron chi connectivity index (χ3n) is 2.70. The van der Waals surface area contributed by atoms with Gasteiger partial charge in [0.1, 0.15) is 11.4 Å². The van der Waals surface area contributed by atoms with Crippen LogP contribution in [0.15, 0.2) is 41.1 Å². The number of nitrogen functional groups attached to an aromatic ring is 1. The Kier molecular flexibility index (Phi) is 2.08. The summed E-state index contributed by atoms with van der Waals surface area (Å²) in [7, 11) is 0. The minimum atomic E-state index is 0.492. The van der Waals surface area contributed by atoms with E-state index in [2.05, 4.69) is 9.97 Å². The van der Waals surface area contributed by atoms with Crippen LogP contribution >= 0.6 is 0 Å². The number of rotatable bonds is 1. The van der Waals surface area contributed by atoms with E-state index in [0.29, 0.717) is 5.82 Å². The van der Waals surface area contributed by atoms with E-state index in [1.54, 1.807) is 12.5 Å². The first-order chi connectivity index (χ1) is 8.25. The molecule has 84 valence electrons. The maximum Gasteiger partial charge on any atom is 0.137 e. The molecule has 0 atom stereocenters. The number of nitrogens with two attached hydrogens (primary N) is 1. The molecule has 3 aromatic heterocycles. The van der Waals surface area contributed by atoms with Crippen molar-refractivity contribution in [3.63, 3.8) is 0 Å². The molecule has 4 nitrogen and oxygen atoms in total. The second kappa shape index (κ2) is 3.59. The fourth-order valence-corrected chi connectivity index (χ4v) is 1.89. The molecule has 0 fully saturated rings. The summed E-state index contributed by atoms with van der Waals surface area (Å²) in [6.07, 6.45) is 3.36. The van der Waals surface area contributed by atoms with Crippen LogP contribution < -0.4 is 5.73 Å². The number of furan rings is 1. The number of aromatic nitrogens is 2. The second-order valence-corrected chi connectivity index (χ2v) is 3.88. The molecule has 0 bridgehead atoms. The Morgan fingerprint density at radius 1 is 1.18 bits per heavy atom. The molecule has 17 heavy (non-hydrogen) atoms. The highest BCUT2D eigenvalue weighted by Crippen LogP contribution is 2.30. The fourth-order valence-electron chi connectivity index (χ4n) is 1.89. The predicted molar refractivity (Wildman–Crippen MR) is 66.4 cm³/mol. The monoisotopic (exact) mass is 225 g/mol. The van der Waals surface area contributed by atoms with E-state index in [4.69, 9.17) is 10.2 Å². The van der Waals surface area contributed by atoms with Gasteiger partial charge >= 0.3 is 0 Å². The molecule has 0 unspecified atom stereocenters. The van der Waals surface area contributed by atoms with Gasteiger partial charge in [-0.25, -0.2) is 4.98 Å². The zero-order valence-corrected chi connectivity index (χ0v) is 9.34. The van der Waals surface area contributed by atoms with E-state index >= 15 is 0 Å². The molecule has 0 spiro atoms. The number of nitrogens with zero attached hydrogens (tertiary/aromatic N) is 2. The first-order valence-electron chi connectivity index (χ1n) is 5.31. The normalized spacial score (nSPS) is 10.9. The highest BCUT2D eigenvalue weighted by Gasteiger charge is 2.10. The number of fused-ring (bicyclic) bond motifs is 1. The van der Waals surface area contributed by atoms with Crippen LogP contribution in [-0.4, -0.2) is 9.97 Å². The summed E-state index contributed by atoms with van der Waals surface area (Å²) in [6.45, 7) is 1.91. The predicted octanol–water partition coefficient (Wildman–Crippen LogP) is 2.78. The summed E-state index contributed by atoms with van der Waals surface area (Å²) in [4.78, 5) is 8.61. The Morgan fingerprint density at radius 2 is 2.06 bits per heavy atom. The van der Waals surface area contributed by atoms with Crippen LogP contribution in [0.5, 0.6) is 0 Å². The SMILES string of the molecule is Cc1ccc(-c2nccc3occc23)c(N)n1. The van der Waals surface area contributed by atoms with Gasteiger partial charge in [0.15, 0.2) is 0 Å². The van der Waals surface area contributed by atoms with Gasteiger partial charge in [-0.05, 0) is 31.2 Å². The van der Waals surface area contributed by atoms with Gasteiger partial charge in [-0.3, -0.25) is 4.98 Å². The quantitative estimate of drug-likeness (QED) is 0.691. The van der Waals surface area contributed by atoms with E-state index in [9.17, 15) is 0 Å². The molecule has 0 aliphatic heterocycles. The maximum atomic E-state index is 5.93. The first-order valence-corrected chi connectivity index (χ1v) is 5.31. The first kappa shape index (κ1) is 9.84. The van der Waals surface area contributed by atoms with Gasteiger partial charge in [0.2, 0.25) is 0 Å². The van der Waals surface area contributed by atoms with Crippen LogP contribution in [0.2, 0.25) is 0 Å². The summed E-state index contributed by atoms with van der Waals surface area (Å²) in [5, 5.41) is 0.949. The lowest BCUT2D eigenvalue weighted by atomic mass is 10.1. The van der Waals surface area contributed by atoms with E-state index in [-0.39, 0.29) is 0 Å². The molecule has 2 N–H and O–H groups in total. The molecule has 0 aliphatic carbocycles. The standard InChI is InChI=1S/C13H11N3O/c1-8-2-3-10(13(14)16-8)12-9-5-7-17-11(9)4-6-15-12/h2-7H,1H3,(H2,14,16). The van der Waals surface area contributed by atoms with Crippen LogP contribution in [0, 0.1) is 6.92 Å². The molecule has 3 aromatic rings. The van der Waals surface area contributed by atoms with Gasteiger partial charge in [-0.1, -0.05) is 0 Å². The lowest BCUT2D eigenvalue weighted by Gasteiger charge is -2.05. The van der Waals surface area contributed by atoms with Crippen LogP contribution in [0.3, 0.4) is 0 Å². The highest BCUT2D eigenvalue weighted by atomic mass is 16.3. The van der Waals surface area contributed by atoms with Crippen molar-refractivity contribution >= 4 is 16.8 Å². The topological polar surface area (TPSA) is 64.9 Å². The number of anilines is 1. The average Bonchev–Trinajstić information content (AvgIpc) is 2.77. The Labute approximate surface area is 98.1 Å². The highest BCUT2D eigenvalue weighted by molar-refractivity contribution is 5.93. The van der Waals surface area contributed by atoms with Gasteiger partial charge in [-0.15, -0.1) is 0 Å². The Hall–Kier alpha value is -2.36. The molecule has 0 amide bonds. The summed E-state index contributed by atoms with van der Waals surface area (Å²) in [5.74, 6) is 0.492. The largest absolute Gasteiger partial charge is 0.464 e. The van der Waals surface area contributed by atoms with Crippen molar-refractivity contribution in [2.75, 3.05) is 5.73 Å². The number of hydrogen-bond donors (Lipinski definition) is 1. The summed E-state index contributed by atoms with van der Waals surface area (Å²) >= 11 is 0. The van der Waals surface area contributed by atoms with Crippen molar-refractivity contribution in [2.24, 2.45) is 0 Å². The van der Waals surface area contributed by atoms with Crippen LogP contribution in [0.25, 0.3) is 22.2 Å². The molecule has 0 aliphatic rings. The molecule has 0 saturated heterocycles. The lowest BCUT2D eigenvalue weighted by molar-refractivity contribution is 0.615. The molecule has 0 radical (unpaired) electrons. The van der Waals surface area contributed by atoms with Crippen molar-refractivity contribution in [1.29, 1.82) is 0 Å². The molecular formula is C13H11N3O. The third kappa shape index (κ3) is 1.54. The fraction of sp³-hybridized carbons (Fsp3) is 0.0769. The summed E-state index contributed by atoms with van der Waals surface area (Å²) in [6, 6.07) is 7.58. The average molecular weight is 225 g/mol. The molecule has 4 heteroatoms. The minimum absolute atomic E-state index is 0.492. The number of hydrogen-bond acceptors (Lipinski definition) is 4. The zero-order chi connectivity index (χ0) is 11.8. The molecule has 3 rings (SSSR count). The third-order valence-corrected chi connectivity index (χ3v) is 2.70. The van der Waals surface area contributed by atoms with Crippen molar-refractivity contribution in [3.05, 3.63) is 42.4 Å². The maximum absolute atomic E-state index is 5.93. The van der Waals surface area contributed by atoms with Crippen LogP contribution in [0.4, 0.5) is 5.82 Å². The van der Waals surface area contributed by atoms with Crippen molar-refractivity contribution in [3.8, 4) is 11.3 Å². The minimum Gasteiger partial charge on any atom is -0.464 e. The van der Waals surface area contributed by atoms with Crippen LogP contribution in [0.1, 0.15) is 5.69 Å². The molecule has 0 aromatic carbocycles. The van der Waals surface area contributed by atoms with E-state index in [1.165, 1.54) is 0 Å². The van der Waals surface area contributed by atoms with E-state index in [1.807, 2.05) is 31.2 Å². The Morgan fingerprint density at radius 3 is 2.88 bits per heavy atom. The van der Waals surface area contributed by atoms with Crippen molar-refractivity contribution < 1.29 is 4.42 Å². The molecule has 3 heterocycles. The Bertz CT molecular complexity index is 688. The van der Waals surface area contributed by atoms with Crippen molar-refractivity contribution in [2.45, 2.75) is 6.92 Å². The molecular weight excluding hydrogens is 214 g/mol. The lowest BCUT2D eigenvalue weighted by Crippen LogP contribution is -1.97. The summed E-state index contributed by atoms with van der Waals surface area (Å²) < 4.78 is 5.34. The Balaban J connectivity index is 2.30.